The second-order valence-electron chi connectivity index (χ2n) is 4.47. The Morgan fingerprint density at radius 3 is 2.89 bits per heavy atom. The Labute approximate surface area is 113 Å². The molecule has 1 aliphatic heterocycles. The van der Waals surface area contributed by atoms with Crippen molar-refractivity contribution < 1.29 is 9.53 Å². The highest BCUT2D eigenvalue weighted by molar-refractivity contribution is 5.82. The standard InChI is InChI=1S/C15H20N2O2/c1-2-19-15(18)11-13-10-14(17-9-8-16-13)12-6-4-3-5-7-12/h3-7,11,14,16-17H,2,8-10H2,1H3/b13-11-. The molecule has 1 saturated heterocycles. The zero-order chi connectivity index (χ0) is 13.5. The Hall–Kier alpha value is -1.81. The Morgan fingerprint density at radius 2 is 2.16 bits per heavy atom. The molecule has 19 heavy (non-hydrogen) atoms. The van der Waals surface area contributed by atoms with Gasteiger partial charge in [-0.25, -0.2) is 4.79 Å². The number of hydrogen-bond acceptors (Lipinski definition) is 4. The Kier molecular flexibility index (Phi) is 4.98. The van der Waals surface area contributed by atoms with E-state index in [1.165, 1.54) is 5.56 Å². The molecule has 1 unspecified atom stereocenters. The van der Waals surface area contributed by atoms with Crippen LogP contribution in [0.3, 0.4) is 0 Å². The maximum atomic E-state index is 11.5. The van der Waals surface area contributed by atoms with E-state index in [9.17, 15) is 4.79 Å². The Morgan fingerprint density at radius 1 is 1.37 bits per heavy atom. The van der Waals surface area contributed by atoms with Crippen LogP contribution in [0.5, 0.6) is 0 Å². The molecule has 1 aromatic rings. The highest BCUT2D eigenvalue weighted by Gasteiger charge is 2.16. The summed E-state index contributed by atoms with van der Waals surface area (Å²) in [6.45, 7) is 3.91. The van der Waals surface area contributed by atoms with Gasteiger partial charge in [-0.3, -0.25) is 0 Å². The molecule has 0 radical (unpaired) electrons. The van der Waals surface area contributed by atoms with Crippen molar-refractivity contribution in [2.75, 3.05) is 19.7 Å². The van der Waals surface area contributed by atoms with E-state index in [2.05, 4.69) is 22.8 Å². The molecule has 102 valence electrons. The second-order valence-corrected chi connectivity index (χ2v) is 4.47. The van der Waals surface area contributed by atoms with Crippen LogP contribution >= 0.6 is 0 Å². The summed E-state index contributed by atoms with van der Waals surface area (Å²) in [5.41, 5.74) is 2.17. The SMILES string of the molecule is CCOC(=O)/C=C1/CC(c2ccccc2)NCCN1. The van der Waals surface area contributed by atoms with Crippen LogP contribution < -0.4 is 10.6 Å². The van der Waals surface area contributed by atoms with Gasteiger partial charge in [0.15, 0.2) is 0 Å². The van der Waals surface area contributed by atoms with E-state index in [-0.39, 0.29) is 12.0 Å². The minimum atomic E-state index is -0.279. The van der Waals surface area contributed by atoms with Crippen LogP contribution in [0.15, 0.2) is 42.1 Å². The van der Waals surface area contributed by atoms with Gasteiger partial charge in [0, 0.05) is 37.3 Å². The van der Waals surface area contributed by atoms with Gasteiger partial charge in [0.2, 0.25) is 0 Å². The molecule has 0 aromatic heterocycles. The first-order valence-electron chi connectivity index (χ1n) is 6.69. The predicted molar refractivity (Wildman–Crippen MR) is 74.5 cm³/mol. The number of carbonyl (C=O) groups excluding carboxylic acids is 1. The summed E-state index contributed by atoms with van der Waals surface area (Å²) in [5, 5.41) is 6.75. The average Bonchev–Trinajstić information content (AvgIpc) is 2.65. The third kappa shape index (κ3) is 4.10. The zero-order valence-corrected chi connectivity index (χ0v) is 11.2. The smallest absolute Gasteiger partial charge is 0.332 e. The largest absolute Gasteiger partial charge is 0.463 e. The monoisotopic (exact) mass is 260 g/mol. The number of hydrogen-bond donors (Lipinski definition) is 2. The number of esters is 1. The lowest BCUT2D eigenvalue weighted by molar-refractivity contribution is -0.137. The van der Waals surface area contributed by atoms with Crippen molar-refractivity contribution in [2.24, 2.45) is 0 Å². The Bertz CT molecular complexity index is 443. The van der Waals surface area contributed by atoms with Crippen molar-refractivity contribution in [1.29, 1.82) is 0 Å². The van der Waals surface area contributed by atoms with E-state index >= 15 is 0 Å². The molecule has 4 nitrogen and oxygen atoms in total. The van der Waals surface area contributed by atoms with Gasteiger partial charge in [0.05, 0.1) is 6.61 Å². The van der Waals surface area contributed by atoms with Gasteiger partial charge in [-0.15, -0.1) is 0 Å². The van der Waals surface area contributed by atoms with Crippen LogP contribution in [0.1, 0.15) is 24.9 Å². The van der Waals surface area contributed by atoms with Crippen LogP contribution in [0.4, 0.5) is 0 Å². The van der Waals surface area contributed by atoms with Crippen LogP contribution in [-0.4, -0.2) is 25.7 Å². The van der Waals surface area contributed by atoms with Gasteiger partial charge >= 0.3 is 5.97 Å². The van der Waals surface area contributed by atoms with Gasteiger partial charge in [-0.2, -0.15) is 0 Å². The lowest BCUT2D eigenvalue weighted by Crippen LogP contribution is -2.23. The normalized spacial score (nSPS) is 21.5. The van der Waals surface area contributed by atoms with Gasteiger partial charge < -0.3 is 15.4 Å². The van der Waals surface area contributed by atoms with Gasteiger partial charge in [-0.05, 0) is 12.5 Å². The fourth-order valence-corrected chi connectivity index (χ4v) is 2.19. The van der Waals surface area contributed by atoms with Crippen molar-refractivity contribution in [3.63, 3.8) is 0 Å². The number of carbonyl (C=O) groups is 1. The van der Waals surface area contributed by atoms with Crippen molar-refractivity contribution >= 4 is 5.97 Å². The quantitative estimate of drug-likeness (QED) is 0.642. The molecular formula is C15H20N2O2. The number of ether oxygens (including phenoxy) is 1. The summed E-state index contributed by atoms with van der Waals surface area (Å²) in [6, 6.07) is 10.5. The van der Waals surface area contributed by atoms with Gasteiger partial charge in [0.25, 0.3) is 0 Å². The van der Waals surface area contributed by atoms with Crippen molar-refractivity contribution in [2.45, 2.75) is 19.4 Å². The molecule has 1 heterocycles. The maximum absolute atomic E-state index is 11.5. The molecule has 0 aliphatic carbocycles. The first-order valence-corrected chi connectivity index (χ1v) is 6.69. The molecule has 0 spiro atoms. The molecule has 1 aliphatic rings. The molecule has 2 rings (SSSR count). The molecule has 1 aromatic carbocycles. The summed E-state index contributed by atoms with van der Waals surface area (Å²) in [6.07, 6.45) is 2.33. The Balaban J connectivity index is 2.09. The fourth-order valence-electron chi connectivity index (χ4n) is 2.19. The minimum absolute atomic E-state index is 0.233. The highest BCUT2D eigenvalue weighted by atomic mass is 16.5. The lowest BCUT2D eigenvalue weighted by Gasteiger charge is -2.16. The molecule has 0 amide bonds. The lowest BCUT2D eigenvalue weighted by atomic mass is 10.0. The van der Waals surface area contributed by atoms with Crippen molar-refractivity contribution in [3.8, 4) is 0 Å². The molecule has 1 atom stereocenters. The second kappa shape index (κ2) is 6.95. The van der Waals surface area contributed by atoms with Crippen LogP contribution in [-0.2, 0) is 9.53 Å². The number of rotatable bonds is 3. The fraction of sp³-hybridized carbons (Fsp3) is 0.400. The molecule has 4 heteroatoms. The van der Waals surface area contributed by atoms with E-state index in [1.54, 1.807) is 6.08 Å². The summed E-state index contributed by atoms with van der Waals surface area (Å²) < 4.78 is 4.95. The third-order valence-electron chi connectivity index (χ3n) is 3.07. The molecule has 1 fully saturated rings. The summed E-state index contributed by atoms with van der Waals surface area (Å²) in [7, 11) is 0. The number of benzene rings is 1. The van der Waals surface area contributed by atoms with Crippen molar-refractivity contribution in [1.82, 2.24) is 10.6 Å². The average molecular weight is 260 g/mol. The summed E-state index contributed by atoms with van der Waals surface area (Å²) in [4.78, 5) is 11.5. The predicted octanol–water partition coefficient (Wildman–Crippen LogP) is 1.76. The summed E-state index contributed by atoms with van der Waals surface area (Å²) in [5.74, 6) is -0.279. The first-order chi connectivity index (χ1) is 9.29. The summed E-state index contributed by atoms with van der Waals surface area (Å²) >= 11 is 0. The van der Waals surface area contributed by atoms with E-state index < -0.39 is 0 Å². The highest BCUT2D eigenvalue weighted by Crippen LogP contribution is 2.21. The van der Waals surface area contributed by atoms with Crippen LogP contribution in [0.25, 0.3) is 0 Å². The van der Waals surface area contributed by atoms with E-state index in [0.717, 1.165) is 25.2 Å². The van der Waals surface area contributed by atoms with Crippen LogP contribution in [0.2, 0.25) is 0 Å². The van der Waals surface area contributed by atoms with E-state index in [1.807, 2.05) is 25.1 Å². The third-order valence-corrected chi connectivity index (χ3v) is 3.07. The topological polar surface area (TPSA) is 50.4 Å². The zero-order valence-electron chi connectivity index (χ0n) is 11.2. The van der Waals surface area contributed by atoms with Gasteiger partial charge in [0.1, 0.15) is 0 Å². The number of nitrogens with one attached hydrogen (secondary N) is 2. The molecule has 0 saturated carbocycles. The van der Waals surface area contributed by atoms with Gasteiger partial charge in [-0.1, -0.05) is 30.3 Å². The molecular weight excluding hydrogens is 240 g/mol. The van der Waals surface area contributed by atoms with E-state index in [4.69, 9.17) is 4.74 Å². The minimum Gasteiger partial charge on any atom is -0.463 e. The first kappa shape index (κ1) is 13.6. The molecule has 2 N–H and O–H groups in total. The molecule has 0 bridgehead atoms. The van der Waals surface area contributed by atoms with E-state index in [0.29, 0.717) is 6.61 Å². The van der Waals surface area contributed by atoms with Crippen molar-refractivity contribution in [3.05, 3.63) is 47.7 Å². The maximum Gasteiger partial charge on any atom is 0.332 e. The van der Waals surface area contributed by atoms with Crippen LogP contribution in [0, 0.1) is 0 Å².